The van der Waals surface area contributed by atoms with Gasteiger partial charge < -0.3 is 14.5 Å². The van der Waals surface area contributed by atoms with E-state index in [1.807, 2.05) is 36.4 Å². The molecule has 0 fully saturated rings. The quantitative estimate of drug-likeness (QED) is 0.473. The first-order valence-corrected chi connectivity index (χ1v) is 9.11. The molecule has 0 bridgehead atoms. The lowest BCUT2D eigenvalue weighted by Gasteiger charge is -2.08. The van der Waals surface area contributed by atoms with E-state index in [2.05, 4.69) is 16.4 Å². The van der Waals surface area contributed by atoms with Crippen molar-refractivity contribution in [1.82, 2.24) is 4.98 Å². The molecule has 0 unspecified atom stereocenters. The maximum atomic E-state index is 12.1. The van der Waals surface area contributed by atoms with Gasteiger partial charge in [0.15, 0.2) is 5.58 Å². The van der Waals surface area contributed by atoms with Crippen molar-refractivity contribution in [2.45, 2.75) is 18.1 Å². The molecule has 132 valence electrons. The molecule has 0 saturated heterocycles. The molecule has 0 aliphatic heterocycles. The van der Waals surface area contributed by atoms with E-state index in [1.54, 1.807) is 12.1 Å². The molecule has 2 aromatic carbocycles. The molecule has 3 rings (SSSR count). The summed E-state index contributed by atoms with van der Waals surface area (Å²) in [5.41, 5.74) is 2.14. The molecule has 0 atom stereocenters. The third-order valence-electron chi connectivity index (χ3n) is 3.42. The van der Waals surface area contributed by atoms with E-state index in [1.165, 1.54) is 11.8 Å². The van der Waals surface area contributed by atoms with Crippen molar-refractivity contribution >= 4 is 34.5 Å². The second kappa shape index (κ2) is 8.92. The molecule has 7 heteroatoms. The Morgan fingerprint density at radius 1 is 1.27 bits per heavy atom. The number of hydrogen-bond acceptors (Lipinski definition) is 6. The molecule has 3 aromatic rings. The van der Waals surface area contributed by atoms with Gasteiger partial charge in [0.1, 0.15) is 11.3 Å². The smallest absolute Gasteiger partial charge is 0.257 e. The van der Waals surface area contributed by atoms with Crippen LogP contribution in [-0.4, -0.2) is 23.3 Å². The molecule has 0 saturated carbocycles. The molecular weight excluding hydrogens is 350 g/mol. The summed E-state index contributed by atoms with van der Waals surface area (Å²) < 4.78 is 11.1. The number of thioether (sulfide) groups is 1. The number of unbranched alkanes of at least 4 members (excludes halogenated alkanes) is 1. The minimum Gasteiger partial charge on any atom is -0.493 e. The van der Waals surface area contributed by atoms with Crippen molar-refractivity contribution in [3.63, 3.8) is 0 Å². The number of nitrogens with one attached hydrogen (secondary N) is 1. The van der Waals surface area contributed by atoms with Gasteiger partial charge in [0.05, 0.1) is 18.4 Å². The number of carbonyl (C=O) groups excluding carboxylic acids is 1. The second-order valence-electron chi connectivity index (χ2n) is 5.42. The predicted molar refractivity (Wildman–Crippen MR) is 100 cm³/mol. The van der Waals surface area contributed by atoms with Crippen molar-refractivity contribution < 1.29 is 13.9 Å². The van der Waals surface area contributed by atoms with Gasteiger partial charge in [0.25, 0.3) is 5.22 Å². The largest absolute Gasteiger partial charge is 0.493 e. The molecule has 0 radical (unpaired) electrons. The number of benzene rings is 2. The standard InChI is InChI=1S/C19H17N3O3S/c20-10-3-4-11-24-15-7-5-6-14(12-15)21-18(23)13-26-19-22-16-8-1-2-9-17(16)25-19/h1-2,5-9,12H,3-4,11,13H2,(H,21,23). The fourth-order valence-corrected chi connectivity index (χ4v) is 2.88. The number of carbonyl (C=O) groups is 1. The van der Waals surface area contributed by atoms with E-state index in [0.29, 0.717) is 41.7 Å². The molecule has 6 nitrogen and oxygen atoms in total. The molecule has 0 spiro atoms. The van der Waals surface area contributed by atoms with Crippen LogP contribution in [0, 0.1) is 11.3 Å². The van der Waals surface area contributed by atoms with Gasteiger partial charge >= 0.3 is 0 Å². The van der Waals surface area contributed by atoms with Crippen LogP contribution < -0.4 is 10.1 Å². The Kier molecular flexibility index (Phi) is 6.12. The van der Waals surface area contributed by atoms with Crippen LogP contribution in [0.25, 0.3) is 11.1 Å². The third-order valence-corrected chi connectivity index (χ3v) is 4.25. The number of nitriles is 1. The monoisotopic (exact) mass is 367 g/mol. The zero-order valence-corrected chi connectivity index (χ0v) is 14.8. The summed E-state index contributed by atoms with van der Waals surface area (Å²) in [6, 6.07) is 16.7. The Bertz CT molecular complexity index is 900. The molecule has 0 aliphatic rings. The van der Waals surface area contributed by atoms with Crippen molar-refractivity contribution in [3.05, 3.63) is 48.5 Å². The molecular formula is C19H17N3O3S. The van der Waals surface area contributed by atoms with Crippen LogP contribution in [-0.2, 0) is 4.79 Å². The average molecular weight is 367 g/mol. The Hall–Kier alpha value is -2.98. The Morgan fingerprint density at radius 2 is 2.15 bits per heavy atom. The van der Waals surface area contributed by atoms with E-state index in [4.69, 9.17) is 14.4 Å². The summed E-state index contributed by atoms with van der Waals surface area (Å²) in [6.07, 6.45) is 1.14. The fourth-order valence-electron chi connectivity index (χ4n) is 2.24. The molecule has 1 aromatic heterocycles. The van der Waals surface area contributed by atoms with Crippen LogP contribution in [0.1, 0.15) is 12.8 Å². The first-order valence-electron chi connectivity index (χ1n) is 8.12. The number of aromatic nitrogens is 1. The Morgan fingerprint density at radius 3 is 3.00 bits per heavy atom. The summed E-state index contributed by atoms with van der Waals surface area (Å²) >= 11 is 1.25. The third kappa shape index (κ3) is 5.01. The zero-order valence-electron chi connectivity index (χ0n) is 14.0. The van der Waals surface area contributed by atoms with Gasteiger partial charge in [-0.25, -0.2) is 4.98 Å². The fraction of sp³-hybridized carbons (Fsp3) is 0.211. The topological polar surface area (TPSA) is 88.1 Å². The minimum absolute atomic E-state index is 0.154. The number of oxazole rings is 1. The molecule has 26 heavy (non-hydrogen) atoms. The lowest BCUT2D eigenvalue weighted by molar-refractivity contribution is -0.113. The molecule has 0 aliphatic carbocycles. The first kappa shape index (κ1) is 17.8. The summed E-state index contributed by atoms with van der Waals surface area (Å²) in [4.78, 5) is 16.5. The molecule has 1 heterocycles. The van der Waals surface area contributed by atoms with Crippen molar-refractivity contribution in [2.24, 2.45) is 0 Å². The number of para-hydroxylation sites is 2. The first-order chi connectivity index (χ1) is 12.7. The molecule has 1 N–H and O–H groups in total. The van der Waals surface area contributed by atoms with E-state index >= 15 is 0 Å². The number of rotatable bonds is 8. The van der Waals surface area contributed by atoms with Crippen LogP contribution >= 0.6 is 11.8 Å². The number of hydrogen-bond donors (Lipinski definition) is 1. The van der Waals surface area contributed by atoms with Gasteiger partial charge in [-0.15, -0.1) is 0 Å². The van der Waals surface area contributed by atoms with E-state index in [9.17, 15) is 4.79 Å². The summed E-state index contributed by atoms with van der Waals surface area (Å²) in [7, 11) is 0. The van der Waals surface area contributed by atoms with Gasteiger partial charge in [-0.2, -0.15) is 5.26 Å². The number of nitrogens with zero attached hydrogens (tertiary/aromatic N) is 2. The van der Waals surface area contributed by atoms with Crippen LogP contribution in [0.3, 0.4) is 0 Å². The van der Waals surface area contributed by atoms with Crippen LogP contribution in [0.4, 0.5) is 5.69 Å². The van der Waals surface area contributed by atoms with E-state index < -0.39 is 0 Å². The summed E-state index contributed by atoms with van der Waals surface area (Å²) in [5.74, 6) is 0.700. The predicted octanol–water partition coefficient (Wildman–Crippen LogP) is 4.24. The molecule has 1 amide bonds. The van der Waals surface area contributed by atoms with Crippen molar-refractivity contribution in [2.75, 3.05) is 17.7 Å². The minimum atomic E-state index is -0.154. The number of anilines is 1. The highest BCUT2D eigenvalue weighted by Crippen LogP contribution is 2.23. The van der Waals surface area contributed by atoms with Crippen molar-refractivity contribution in [1.29, 1.82) is 5.26 Å². The van der Waals surface area contributed by atoms with Crippen molar-refractivity contribution in [3.8, 4) is 11.8 Å². The Labute approximate surface area is 155 Å². The average Bonchev–Trinajstić information content (AvgIpc) is 3.07. The van der Waals surface area contributed by atoms with Gasteiger partial charge in [0.2, 0.25) is 5.91 Å². The number of amides is 1. The highest BCUT2D eigenvalue weighted by Gasteiger charge is 2.09. The summed E-state index contributed by atoms with van der Waals surface area (Å²) in [5, 5.41) is 11.8. The van der Waals surface area contributed by atoms with Gasteiger partial charge in [-0.3, -0.25) is 4.79 Å². The van der Waals surface area contributed by atoms with Gasteiger partial charge in [-0.05, 0) is 30.7 Å². The van der Waals surface area contributed by atoms with Crippen LogP contribution in [0.2, 0.25) is 0 Å². The van der Waals surface area contributed by atoms with Gasteiger partial charge in [-0.1, -0.05) is 30.0 Å². The Balaban J connectivity index is 1.50. The van der Waals surface area contributed by atoms with Crippen LogP contribution in [0.15, 0.2) is 58.2 Å². The SMILES string of the molecule is N#CCCCOc1cccc(NC(=O)CSc2nc3ccccc3o2)c1. The number of ether oxygens (including phenoxy) is 1. The normalized spacial score (nSPS) is 10.4. The van der Waals surface area contributed by atoms with Crippen LogP contribution in [0.5, 0.6) is 5.75 Å². The number of fused-ring (bicyclic) bond motifs is 1. The highest BCUT2D eigenvalue weighted by atomic mass is 32.2. The lowest BCUT2D eigenvalue weighted by atomic mass is 10.3. The van der Waals surface area contributed by atoms with E-state index in [-0.39, 0.29) is 11.7 Å². The highest BCUT2D eigenvalue weighted by molar-refractivity contribution is 7.99. The van der Waals surface area contributed by atoms with Gasteiger partial charge in [0, 0.05) is 18.2 Å². The lowest BCUT2D eigenvalue weighted by Crippen LogP contribution is -2.14. The second-order valence-corrected chi connectivity index (χ2v) is 6.35. The maximum Gasteiger partial charge on any atom is 0.257 e. The maximum absolute atomic E-state index is 12.1. The summed E-state index contributed by atoms with van der Waals surface area (Å²) in [6.45, 7) is 0.471. The van der Waals surface area contributed by atoms with E-state index in [0.717, 1.165) is 5.52 Å². The zero-order chi connectivity index (χ0) is 18.2.